The van der Waals surface area contributed by atoms with Crippen LogP contribution in [0.2, 0.25) is 0 Å². The molecule has 3 nitrogen and oxygen atoms in total. The van der Waals surface area contributed by atoms with Gasteiger partial charge in [-0.2, -0.15) is 0 Å². The SMILES string of the molecule is N#[N+]c1cc2ccccc2cc1[O-]. The van der Waals surface area contributed by atoms with Gasteiger partial charge in [-0.3, -0.25) is 0 Å². The minimum absolute atomic E-state index is 0.0821. The summed E-state index contributed by atoms with van der Waals surface area (Å²) >= 11 is 0. The van der Waals surface area contributed by atoms with Crippen LogP contribution in [0.25, 0.3) is 15.7 Å². The second kappa shape index (κ2) is 2.76. The molecule has 0 radical (unpaired) electrons. The highest BCUT2D eigenvalue weighted by molar-refractivity contribution is 5.88. The van der Waals surface area contributed by atoms with Crippen molar-refractivity contribution in [3.63, 3.8) is 0 Å². The lowest BCUT2D eigenvalue weighted by Crippen LogP contribution is -1.88. The maximum absolute atomic E-state index is 11.2. The molecule has 0 aromatic heterocycles. The summed E-state index contributed by atoms with van der Waals surface area (Å²) < 4.78 is 0. The Kier molecular flexibility index (Phi) is 1.60. The molecule has 0 fully saturated rings. The molecule has 0 saturated heterocycles. The van der Waals surface area contributed by atoms with Crippen molar-refractivity contribution in [1.29, 1.82) is 5.39 Å². The Morgan fingerprint density at radius 1 is 1.08 bits per heavy atom. The third kappa shape index (κ3) is 1.18. The van der Waals surface area contributed by atoms with Crippen LogP contribution in [0.3, 0.4) is 0 Å². The Morgan fingerprint density at radius 2 is 1.69 bits per heavy atom. The van der Waals surface area contributed by atoms with E-state index in [9.17, 15) is 5.11 Å². The summed E-state index contributed by atoms with van der Waals surface area (Å²) in [7, 11) is 0. The van der Waals surface area contributed by atoms with E-state index in [1.807, 2.05) is 24.3 Å². The number of hydrogen-bond donors (Lipinski definition) is 0. The van der Waals surface area contributed by atoms with Crippen LogP contribution in [0.4, 0.5) is 5.69 Å². The highest BCUT2D eigenvalue weighted by atomic mass is 16.3. The highest BCUT2D eigenvalue weighted by Gasteiger charge is 2.06. The molecule has 0 spiro atoms. The molecule has 0 aliphatic heterocycles. The summed E-state index contributed by atoms with van der Waals surface area (Å²) in [5, 5.41) is 21.5. The molecule has 0 unspecified atom stereocenters. The van der Waals surface area contributed by atoms with Gasteiger partial charge in [-0.05, 0) is 16.5 Å². The van der Waals surface area contributed by atoms with Gasteiger partial charge in [0.1, 0.15) is 0 Å². The summed E-state index contributed by atoms with van der Waals surface area (Å²) in [6.07, 6.45) is 0. The maximum Gasteiger partial charge on any atom is 0.378 e. The van der Waals surface area contributed by atoms with Gasteiger partial charge in [-0.15, -0.1) is 0 Å². The van der Waals surface area contributed by atoms with E-state index in [4.69, 9.17) is 5.39 Å². The number of benzene rings is 2. The lowest BCUT2D eigenvalue weighted by Gasteiger charge is -2.02. The van der Waals surface area contributed by atoms with Gasteiger partial charge in [0.05, 0.1) is 0 Å². The second-order valence-corrected chi connectivity index (χ2v) is 2.77. The molecule has 2 aromatic carbocycles. The lowest BCUT2D eigenvalue weighted by atomic mass is 10.1. The maximum atomic E-state index is 11.2. The monoisotopic (exact) mass is 170 g/mol. The Balaban J connectivity index is 2.83. The van der Waals surface area contributed by atoms with Gasteiger partial charge >= 0.3 is 5.69 Å². The van der Waals surface area contributed by atoms with Crippen molar-refractivity contribution in [2.45, 2.75) is 0 Å². The van der Waals surface area contributed by atoms with Crippen LogP contribution in [0.1, 0.15) is 0 Å². The van der Waals surface area contributed by atoms with Crippen LogP contribution in [0.15, 0.2) is 36.4 Å². The zero-order valence-corrected chi connectivity index (χ0v) is 6.77. The molecular weight excluding hydrogens is 164 g/mol. The summed E-state index contributed by atoms with van der Waals surface area (Å²) in [5.41, 5.74) is 0.0821. The van der Waals surface area contributed by atoms with E-state index >= 15 is 0 Å². The molecule has 3 heteroatoms. The largest absolute Gasteiger partial charge is 0.867 e. The Labute approximate surface area is 74.9 Å². The van der Waals surface area contributed by atoms with Crippen LogP contribution in [0, 0.1) is 5.39 Å². The van der Waals surface area contributed by atoms with Crippen molar-refractivity contribution >= 4 is 16.5 Å². The molecule has 0 bridgehead atoms. The van der Waals surface area contributed by atoms with E-state index in [1.165, 1.54) is 6.07 Å². The first kappa shape index (κ1) is 7.56. The first-order valence-electron chi connectivity index (χ1n) is 3.86. The molecular formula is C10H6N2O. The number of diazo groups is 1. The molecule has 0 N–H and O–H groups in total. The fourth-order valence-electron chi connectivity index (χ4n) is 1.29. The first-order valence-corrected chi connectivity index (χ1v) is 3.86. The standard InChI is InChI=1S/C10H6N2O/c11-12-9-5-7-3-1-2-4-8(7)6-10(9)13/h1-6H. The third-order valence-electron chi connectivity index (χ3n) is 1.94. The summed E-state index contributed by atoms with van der Waals surface area (Å²) in [6, 6.07) is 10.5. The molecule has 0 saturated carbocycles. The fraction of sp³-hybridized carbons (Fsp3) is 0. The summed E-state index contributed by atoms with van der Waals surface area (Å²) in [6.45, 7) is 0. The van der Waals surface area contributed by atoms with Crippen molar-refractivity contribution in [1.82, 2.24) is 0 Å². The number of rotatable bonds is 0. The molecule has 0 amide bonds. The van der Waals surface area contributed by atoms with E-state index < -0.39 is 0 Å². The van der Waals surface area contributed by atoms with Crippen LogP contribution in [-0.4, -0.2) is 0 Å². The molecule has 2 aromatic rings. The molecule has 62 valence electrons. The van der Waals surface area contributed by atoms with Gasteiger partial charge in [-0.25, -0.2) is 0 Å². The van der Waals surface area contributed by atoms with Gasteiger partial charge < -0.3 is 5.11 Å². The average Bonchev–Trinajstić information content (AvgIpc) is 2.17. The first-order chi connectivity index (χ1) is 6.31. The highest BCUT2D eigenvalue weighted by Crippen LogP contribution is 2.29. The number of hydrogen-bond acceptors (Lipinski definition) is 2. The molecule has 0 heterocycles. The lowest BCUT2D eigenvalue weighted by molar-refractivity contribution is -0.266. The predicted molar refractivity (Wildman–Crippen MR) is 48.1 cm³/mol. The zero-order chi connectivity index (χ0) is 9.26. The van der Waals surface area contributed by atoms with E-state index in [0.717, 1.165) is 10.8 Å². The third-order valence-corrected chi connectivity index (χ3v) is 1.94. The van der Waals surface area contributed by atoms with Crippen molar-refractivity contribution in [2.24, 2.45) is 0 Å². The smallest absolute Gasteiger partial charge is 0.378 e. The zero-order valence-electron chi connectivity index (χ0n) is 6.77. The number of fused-ring (bicyclic) bond motifs is 1. The minimum Gasteiger partial charge on any atom is -0.867 e. The van der Waals surface area contributed by atoms with Gasteiger partial charge in [0.2, 0.25) is 5.39 Å². The Bertz CT molecular complexity index is 500. The minimum atomic E-state index is -0.263. The van der Waals surface area contributed by atoms with Crippen molar-refractivity contribution < 1.29 is 5.11 Å². The normalized spacial score (nSPS) is 9.77. The second-order valence-electron chi connectivity index (χ2n) is 2.77. The quantitative estimate of drug-likeness (QED) is 0.570. The van der Waals surface area contributed by atoms with Gasteiger partial charge in [-0.1, -0.05) is 30.3 Å². The van der Waals surface area contributed by atoms with Gasteiger partial charge in [0, 0.05) is 6.07 Å². The van der Waals surface area contributed by atoms with Crippen LogP contribution < -0.4 is 5.11 Å². The molecule has 2 rings (SSSR count). The summed E-state index contributed by atoms with van der Waals surface area (Å²) in [4.78, 5) is 2.91. The van der Waals surface area contributed by atoms with Crippen molar-refractivity contribution in [2.75, 3.05) is 0 Å². The van der Waals surface area contributed by atoms with E-state index in [-0.39, 0.29) is 11.4 Å². The number of nitrogens with zero attached hydrogens (tertiary/aromatic N) is 2. The summed E-state index contributed by atoms with van der Waals surface area (Å²) in [5.74, 6) is -0.263. The van der Waals surface area contributed by atoms with Crippen molar-refractivity contribution in [3.05, 3.63) is 41.4 Å². The Hall–Kier alpha value is -2.08. The van der Waals surface area contributed by atoms with Gasteiger partial charge in [0.15, 0.2) is 4.98 Å². The average molecular weight is 170 g/mol. The fourth-order valence-corrected chi connectivity index (χ4v) is 1.29. The molecule has 0 aliphatic carbocycles. The molecule has 0 atom stereocenters. The van der Waals surface area contributed by atoms with Crippen LogP contribution in [-0.2, 0) is 0 Å². The van der Waals surface area contributed by atoms with Gasteiger partial charge in [0.25, 0.3) is 0 Å². The van der Waals surface area contributed by atoms with Crippen LogP contribution >= 0.6 is 0 Å². The Morgan fingerprint density at radius 3 is 2.31 bits per heavy atom. The molecule has 0 aliphatic rings. The van der Waals surface area contributed by atoms with Crippen LogP contribution in [0.5, 0.6) is 5.75 Å². The van der Waals surface area contributed by atoms with Crippen molar-refractivity contribution in [3.8, 4) is 5.75 Å². The van der Waals surface area contributed by atoms with E-state index in [2.05, 4.69) is 4.98 Å². The molecule has 13 heavy (non-hydrogen) atoms. The van der Waals surface area contributed by atoms with E-state index in [1.54, 1.807) is 6.07 Å². The van der Waals surface area contributed by atoms with E-state index in [0.29, 0.717) is 0 Å². The predicted octanol–water partition coefficient (Wildman–Crippen LogP) is 2.40. The topological polar surface area (TPSA) is 51.2 Å².